The second kappa shape index (κ2) is 6.67. The van der Waals surface area contributed by atoms with Gasteiger partial charge in [-0.05, 0) is 31.0 Å². The number of amides is 3. The Morgan fingerprint density at radius 2 is 2.11 bits per heavy atom. The van der Waals surface area contributed by atoms with Crippen molar-refractivity contribution in [1.29, 1.82) is 0 Å². The molecule has 1 aromatic carbocycles. The van der Waals surface area contributed by atoms with Gasteiger partial charge in [0.1, 0.15) is 24.2 Å². The molecule has 1 unspecified atom stereocenters. The predicted octanol–water partition coefficient (Wildman–Crippen LogP) is 3.52. The topological polar surface area (TPSA) is 67.7 Å². The number of carbonyl (C=O) groups is 2. The van der Waals surface area contributed by atoms with Crippen LogP contribution in [0.25, 0.3) is 11.4 Å². The fraction of sp³-hybridized carbons (Fsp3) is 0.421. The molecule has 0 bridgehead atoms. The van der Waals surface area contributed by atoms with Gasteiger partial charge in [0.2, 0.25) is 0 Å². The Morgan fingerprint density at radius 3 is 2.81 bits per heavy atom. The van der Waals surface area contributed by atoms with Gasteiger partial charge in [0.05, 0.1) is 12.1 Å². The highest BCUT2D eigenvalue weighted by molar-refractivity contribution is 9.10. The number of fused-ring (bicyclic) bond motifs is 3. The van der Waals surface area contributed by atoms with Crippen LogP contribution >= 0.6 is 15.9 Å². The Labute approximate surface area is 166 Å². The smallest absolute Gasteiger partial charge is 0.333 e. The Balaban J connectivity index is 1.81. The number of imide groups is 1. The van der Waals surface area contributed by atoms with E-state index in [1.807, 2.05) is 49.7 Å². The standard InChI is InChI=1S/C19H21BrN4O3/c1-4-23-18(25)16(11(2)3)24(19(23)26)15-10-22-7-8-27-14-9-12(20)5-6-13(14)17(22)21-15/h5-6,9-11,16H,4,7-8H2,1-3H3. The molecule has 0 saturated carbocycles. The summed E-state index contributed by atoms with van der Waals surface area (Å²) in [5.74, 6) is 1.83. The number of imidazole rings is 1. The van der Waals surface area contributed by atoms with Crippen LogP contribution in [0.5, 0.6) is 5.75 Å². The average Bonchev–Trinajstić information content (AvgIpc) is 3.08. The number of aromatic nitrogens is 2. The zero-order valence-corrected chi connectivity index (χ0v) is 17.1. The molecule has 1 aromatic heterocycles. The number of likely N-dealkylation sites (N-methyl/N-ethyl adjacent to an activating group) is 1. The Kier molecular flexibility index (Phi) is 4.46. The SMILES string of the molecule is CCN1C(=O)C(C(C)C)N(c2cn3c(n2)-c2ccc(Br)cc2OCC3)C1=O. The first-order valence-corrected chi connectivity index (χ1v) is 9.86. The molecule has 2 aromatic rings. The minimum absolute atomic E-state index is 0.00826. The van der Waals surface area contributed by atoms with Gasteiger partial charge in [-0.15, -0.1) is 0 Å². The number of hydrogen-bond acceptors (Lipinski definition) is 4. The third-order valence-electron chi connectivity index (χ3n) is 4.97. The monoisotopic (exact) mass is 432 g/mol. The molecule has 0 spiro atoms. The van der Waals surface area contributed by atoms with E-state index in [9.17, 15) is 9.59 Å². The number of halogens is 1. The molecule has 0 radical (unpaired) electrons. The maximum Gasteiger partial charge on any atom is 0.333 e. The molecule has 1 atom stereocenters. The number of anilines is 1. The highest BCUT2D eigenvalue weighted by Gasteiger charge is 2.47. The van der Waals surface area contributed by atoms with Gasteiger partial charge in [0.15, 0.2) is 5.82 Å². The summed E-state index contributed by atoms with van der Waals surface area (Å²) in [6.45, 7) is 7.19. The summed E-state index contributed by atoms with van der Waals surface area (Å²) in [6, 6.07) is 4.97. The summed E-state index contributed by atoms with van der Waals surface area (Å²) in [5.41, 5.74) is 0.869. The zero-order valence-electron chi connectivity index (χ0n) is 15.5. The second-order valence-electron chi connectivity index (χ2n) is 7.03. The van der Waals surface area contributed by atoms with Crippen LogP contribution in [0.4, 0.5) is 10.6 Å². The van der Waals surface area contributed by atoms with Gasteiger partial charge in [-0.1, -0.05) is 29.8 Å². The van der Waals surface area contributed by atoms with Crippen molar-refractivity contribution in [2.75, 3.05) is 18.1 Å². The fourth-order valence-corrected chi connectivity index (χ4v) is 4.03. The van der Waals surface area contributed by atoms with Gasteiger partial charge in [-0.25, -0.2) is 9.78 Å². The van der Waals surface area contributed by atoms with Gasteiger partial charge in [0.25, 0.3) is 5.91 Å². The molecule has 142 valence electrons. The predicted molar refractivity (Wildman–Crippen MR) is 105 cm³/mol. The molecule has 8 heteroatoms. The lowest BCUT2D eigenvalue weighted by atomic mass is 10.0. The van der Waals surface area contributed by atoms with Crippen molar-refractivity contribution in [3.63, 3.8) is 0 Å². The maximum atomic E-state index is 12.9. The molecular formula is C19H21BrN4O3. The molecule has 2 aliphatic rings. The van der Waals surface area contributed by atoms with Crippen LogP contribution in [-0.4, -0.2) is 45.6 Å². The lowest BCUT2D eigenvalue weighted by Gasteiger charge is -2.22. The van der Waals surface area contributed by atoms with E-state index in [0.29, 0.717) is 25.5 Å². The summed E-state index contributed by atoms with van der Waals surface area (Å²) >= 11 is 3.46. The van der Waals surface area contributed by atoms with Crippen LogP contribution in [0.2, 0.25) is 0 Å². The van der Waals surface area contributed by atoms with Crippen LogP contribution in [0.15, 0.2) is 28.9 Å². The molecule has 1 saturated heterocycles. The van der Waals surface area contributed by atoms with Crippen LogP contribution in [-0.2, 0) is 11.3 Å². The third kappa shape index (κ3) is 2.82. The maximum absolute atomic E-state index is 12.9. The van der Waals surface area contributed by atoms with Crippen molar-refractivity contribution >= 4 is 33.7 Å². The van der Waals surface area contributed by atoms with E-state index >= 15 is 0 Å². The van der Waals surface area contributed by atoms with Crippen molar-refractivity contribution in [3.8, 4) is 17.1 Å². The van der Waals surface area contributed by atoms with E-state index in [0.717, 1.165) is 21.6 Å². The normalized spacial score (nSPS) is 19.2. The number of hydrogen-bond donors (Lipinski definition) is 0. The fourth-order valence-electron chi connectivity index (χ4n) is 3.69. The average molecular weight is 433 g/mol. The molecule has 4 rings (SSSR count). The quantitative estimate of drug-likeness (QED) is 0.695. The number of carbonyl (C=O) groups excluding carboxylic acids is 2. The van der Waals surface area contributed by atoms with Gasteiger partial charge in [0, 0.05) is 17.2 Å². The number of urea groups is 1. The molecule has 27 heavy (non-hydrogen) atoms. The first-order chi connectivity index (χ1) is 12.9. The van der Waals surface area contributed by atoms with Crippen molar-refractivity contribution < 1.29 is 14.3 Å². The van der Waals surface area contributed by atoms with Crippen LogP contribution in [0, 0.1) is 5.92 Å². The summed E-state index contributed by atoms with van der Waals surface area (Å²) in [6.07, 6.45) is 1.84. The highest BCUT2D eigenvalue weighted by atomic mass is 79.9. The zero-order chi connectivity index (χ0) is 19.3. The van der Waals surface area contributed by atoms with Crippen molar-refractivity contribution in [2.45, 2.75) is 33.4 Å². The molecule has 3 heterocycles. The molecule has 7 nitrogen and oxygen atoms in total. The van der Waals surface area contributed by atoms with E-state index in [-0.39, 0.29) is 17.9 Å². The van der Waals surface area contributed by atoms with Crippen molar-refractivity contribution in [1.82, 2.24) is 14.5 Å². The van der Waals surface area contributed by atoms with Gasteiger partial charge < -0.3 is 9.30 Å². The first kappa shape index (κ1) is 18.0. The molecule has 0 N–H and O–H groups in total. The molecule has 3 amide bonds. The van der Waals surface area contributed by atoms with E-state index in [2.05, 4.69) is 15.9 Å². The second-order valence-corrected chi connectivity index (χ2v) is 7.94. The largest absolute Gasteiger partial charge is 0.491 e. The van der Waals surface area contributed by atoms with E-state index in [1.54, 1.807) is 0 Å². The summed E-state index contributed by atoms with van der Waals surface area (Å²) in [5, 5.41) is 0. The van der Waals surface area contributed by atoms with Crippen molar-refractivity contribution in [3.05, 3.63) is 28.9 Å². The van der Waals surface area contributed by atoms with E-state index in [1.165, 1.54) is 9.80 Å². The lowest BCUT2D eigenvalue weighted by Crippen LogP contribution is -2.39. The lowest BCUT2D eigenvalue weighted by molar-refractivity contribution is -0.127. The summed E-state index contributed by atoms with van der Waals surface area (Å²) in [4.78, 5) is 33.2. The number of rotatable bonds is 3. The van der Waals surface area contributed by atoms with Crippen molar-refractivity contribution in [2.24, 2.45) is 5.92 Å². The molecule has 0 aliphatic carbocycles. The Hall–Kier alpha value is -2.35. The molecule has 2 aliphatic heterocycles. The van der Waals surface area contributed by atoms with Gasteiger partial charge in [-0.3, -0.25) is 14.6 Å². The molecule has 1 fully saturated rings. The van der Waals surface area contributed by atoms with E-state index in [4.69, 9.17) is 9.72 Å². The van der Waals surface area contributed by atoms with Gasteiger partial charge >= 0.3 is 6.03 Å². The minimum Gasteiger partial charge on any atom is -0.491 e. The highest BCUT2D eigenvalue weighted by Crippen LogP contribution is 2.37. The summed E-state index contributed by atoms with van der Waals surface area (Å²) < 4.78 is 8.75. The Bertz CT molecular complexity index is 924. The van der Waals surface area contributed by atoms with Crippen LogP contribution in [0.3, 0.4) is 0 Å². The van der Waals surface area contributed by atoms with E-state index < -0.39 is 6.04 Å². The number of ether oxygens (including phenoxy) is 1. The number of benzene rings is 1. The minimum atomic E-state index is -0.530. The summed E-state index contributed by atoms with van der Waals surface area (Å²) in [7, 11) is 0. The van der Waals surface area contributed by atoms with Crippen LogP contribution < -0.4 is 9.64 Å². The third-order valence-corrected chi connectivity index (χ3v) is 5.46. The Morgan fingerprint density at radius 1 is 1.33 bits per heavy atom. The van der Waals surface area contributed by atoms with Crippen LogP contribution in [0.1, 0.15) is 20.8 Å². The molecular weight excluding hydrogens is 412 g/mol. The van der Waals surface area contributed by atoms with Gasteiger partial charge in [-0.2, -0.15) is 0 Å². The number of nitrogens with zero attached hydrogens (tertiary/aromatic N) is 4. The first-order valence-electron chi connectivity index (χ1n) is 9.06.